The van der Waals surface area contributed by atoms with Crippen LogP contribution in [0.5, 0.6) is 0 Å². The SMILES string of the molecule is CC(C)c1nc(Cn2ccc3sccc3c2=O)no1. The summed E-state index contributed by atoms with van der Waals surface area (Å²) in [7, 11) is 0. The molecule has 0 aromatic carbocycles. The van der Waals surface area contributed by atoms with Crippen molar-refractivity contribution in [3.05, 3.63) is 45.8 Å². The lowest BCUT2D eigenvalue weighted by Crippen LogP contribution is -2.20. The van der Waals surface area contributed by atoms with Gasteiger partial charge in [0.05, 0.1) is 11.9 Å². The molecule has 98 valence electrons. The third kappa shape index (κ3) is 2.19. The fourth-order valence-electron chi connectivity index (χ4n) is 1.85. The molecule has 0 saturated heterocycles. The Morgan fingerprint density at radius 1 is 1.42 bits per heavy atom. The fraction of sp³-hybridized carbons (Fsp3) is 0.308. The van der Waals surface area contributed by atoms with Gasteiger partial charge in [-0.1, -0.05) is 19.0 Å². The van der Waals surface area contributed by atoms with Crippen LogP contribution in [0.25, 0.3) is 10.1 Å². The van der Waals surface area contributed by atoms with Crippen LogP contribution in [-0.4, -0.2) is 14.7 Å². The summed E-state index contributed by atoms with van der Waals surface area (Å²) in [5.74, 6) is 1.32. The van der Waals surface area contributed by atoms with Crippen LogP contribution in [0.1, 0.15) is 31.5 Å². The van der Waals surface area contributed by atoms with Gasteiger partial charge in [0.25, 0.3) is 5.56 Å². The number of rotatable bonds is 3. The highest BCUT2D eigenvalue weighted by molar-refractivity contribution is 7.17. The van der Waals surface area contributed by atoms with Gasteiger partial charge in [-0.2, -0.15) is 4.98 Å². The Hall–Kier alpha value is -1.95. The first kappa shape index (κ1) is 12.1. The molecule has 0 saturated carbocycles. The number of fused-ring (bicyclic) bond motifs is 1. The van der Waals surface area contributed by atoms with E-state index in [1.807, 2.05) is 31.4 Å². The van der Waals surface area contributed by atoms with Crippen molar-refractivity contribution in [3.63, 3.8) is 0 Å². The van der Waals surface area contributed by atoms with Crippen molar-refractivity contribution in [1.29, 1.82) is 0 Å². The fourth-order valence-corrected chi connectivity index (χ4v) is 2.62. The Morgan fingerprint density at radius 3 is 3.00 bits per heavy atom. The molecule has 5 nitrogen and oxygen atoms in total. The lowest BCUT2D eigenvalue weighted by molar-refractivity contribution is 0.359. The molecule has 0 amide bonds. The first-order valence-corrected chi connectivity index (χ1v) is 6.92. The van der Waals surface area contributed by atoms with Gasteiger partial charge >= 0.3 is 0 Å². The van der Waals surface area contributed by atoms with Gasteiger partial charge in [0.15, 0.2) is 5.82 Å². The third-order valence-electron chi connectivity index (χ3n) is 2.88. The summed E-state index contributed by atoms with van der Waals surface area (Å²) in [6.45, 7) is 4.31. The summed E-state index contributed by atoms with van der Waals surface area (Å²) in [6, 6.07) is 3.78. The molecule has 0 atom stereocenters. The molecule has 6 heteroatoms. The summed E-state index contributed by atoms with van der Waals surface area (Å²) in [5, 5.41) is 6.55. The Labute approximate surface area is 113 Å². The molecular weight excluding hydrogens is 262 g/mol. The van der Waals surface area contributed by atoms with E-state index in [0.29, 0.717) is 18.3 Å². The molecule has 0 fully saturated rings. The lowest BCUT2D eigenvalue weighted by Gasteiger charge is -2.01. The van der Waals surface area contributed by atoms with E-state index >= 15 is 0 Å². The predicted molar refractivity (Wildman–Crippen MR) is 73.6 cm³/mol. The average Bonchev–Trinajstić information content (AvgIpc) is 3.01. The monoisotopic (exact) mass is 275 g/mol. The zero-order valence-corrected chi connectivity index (χ0v) is 11.5. The van der Waals surface area contributed by atoms with Crippen LogP contribution in [0.2, 0.25) is 0 Å². The van der Waals surface area contributed by atoms with Crippen molar-refractivity contribution in [2.75, 3.05) is 0 Å². The van der Waals surface area contributed by atoms with Gasteiger partial charge in [0.1, 0.15) is 0 Å². The summed E-state index contributed by atoms with van der Waals surface area (Å²) >= 11 is 1.56. The van der Waals surface area contributed by atoms with Crippen LogP contribution < -0.4 is 5.56 Å². The van der Waals surface area contributed by atoms with Crippen LogP contribution >= 0.6 is 11.3 Å². The van der Waals surface area contributed by atoms with Crippen LogP contribution in [0, 0.1) is 0 Å². The molecule has 3 aromatic rings. The molecule has 0 aliphatic heterocycles. The van der Waals surface area contributed by atoms with Crippen molar-refractivity contribution in [3.8, 4) is 0 Å². The normalized spacial score (nSPS) is 11.5. The minimum atomic E-state index is -0.0188. The highest BCUT2D eigenvalue weighted by Gasteiger charge is 2.11. The number of nitrogens with zero attached hydrogens (tertiary/aromatic N) is 3. The zero-order chi connectivity index (χ0) is 13.4. The second kappa shape index (κ2) is 4.62. The molecule has 0 spiro atoms. The molecule has 19 heavy (non-hydrogen) atoms. The molecular formula is C13H13N3O2S. The number of aromatic nitrogens is 3. The number of hydrogen-bond acceptors (Lipinski definition) is 5. The quantitative estimate of drug-likeness (QED) is 0.737. The third-order valence-corrected chi connectivity index (χ3v) is 3.76. The van der Waals surface area contributed by atoms with E-state index in [1.54, 1.807) is 22.1 Å². The highest BCUT2D eigenvalue weighted by Crippen LogP contribution is 2.16. The van der Waals surface area contributed by atoms with Gasteiger partial charge in [-0.3, -0.25) is 4.79 Å². The van der Waals surface area contributed by atoms with Gasteiger partial charge in [-0.25, -0.2) is 0 Å². The van der Waals surface area contributed by atoms with Crippen LogP contribution in [-0.2, 0) is 6.54 Å². The first-order chi connectivity index (χ1) is 9.15. The minimum absolute atomic E-state index is 0.0188. The standard InChI is InChI=1S/C13H13N3O2S/c1-8(2)12-14-11(15-18-12)7-16-5-3-10-9(13(16)17)4-6-19-10/h3-6,8H,7H2,1-2H3. The maximum absolute atomic E-state index is 12.2. The van der Waals surface area contributed by atoms with E-state index < -0.39 is 0 Å². The summed E-state index contributed by atoms with van der Waals surface area (Å²) in [6.07, 6.45) is 1.77. The van der Waals surface area contributed by atoms with Gasteiger partial charge in [0, 0.05) is 16.8 Å². The van der Waals surface area contributed by atoms with E-state index in [4.69, 9.17) is 4.52 Å². The molecule has 0 unspecified atom stereocenters. The second-order valence-corrected chi connectivity index (χ2v) is 5.60. The average molecular weight is 275 g/mol. The largest absolute Gasteiger partial charge is 0.339 e. The number of pyridine rings is 1. The van der Waals surface area contributed by atoms with Gasteiger partial charge in [0.2, 0.25) is 5.89 Å². The Bertz CT molecular complexity index is 769. The topological polar surface area (TPSA) is 60.9 Å². The van der Waals surface area contributed by atoms with Crippen molar-refractivity contribution in [2.45, 2.75) is 26.3 Å². The zero-order valence-electron chi connectivity index (χ0n) is 10.7. The van der Waals surface area contributed by atoms with Crippen LogP contribution in [0.15, 0.2) is 33.0 Å². The highest BCUT2D eigenvalue weighted by atomic mass is 32.1. The number of hydrogen-bond donors (Lipinski definition) is 0. The molecule has 3 rings (SSSR count). The van der Waals surface area contributed by atoms with Crippen molar-refractivity contribution in [1.82, 2.24) is 14.7 Å². The Morgan fingerprint density at radius 2 is 2.26 bits per heavy atom. The van der Waals surface area contributed by atoms with E-state index in [-0.39, 0.29) is 11.5 Å². The van der Waals surface area contributed by atoms with Crippen molar-refractivity contribution >= 4 is 21.4 Å². The van der Waals surface area contributed by atoms with Gasteiger partial charge in [-0.05, 0) is 17.5 Å². The number of thiophene rings is 1. The second-order valence-electron chi connectivity index (χ2n) is 4.65. The lowest BCUT2D eigenvalue weighted by atomic mass is 10.2. The van der Waals surface area contributed by atoms with E-state index in [9.17, 15) is 4.79 Å². The molecule has 0 aliphatic rings. The summed E-state index contributed by atoms with van der Waals surface area (Å²) in [4.78, 5) is 16.5. The Balaban J connectivity index is 1.96. The van der Waals surface area contributed by atoms with Crippen molar-refractivity contribution < 1.29 is 4.52 Å². The molecule has 3 heterocycles. The van der Waals surface area contributed by atoms with E-state index in [0.717, 1.165) is 10.1 Å². The van der Waals surface area contributed by atoms with Gasteiger partial charge < -0.3 is 9.09 Å². The summed E-state index contributed by atoms with van der Waals surface area (Å²) < 4.78 is 7.73. The molecule has 0 N–H and O–H groups in total. The molecule has 0 bridgehead atoms. The van der Waals surface area contributed by atoms with Crippen LogP contribution in [0.3, 0.4) is 0 Å². The Kier molecular flexibility index (Phi) is 2.94. The van der Waals surface area contributed by atoms with Gasteiger partial charge in [-0.15, -0.1) is 11.3 Å². The smallest absolute Gasteiger partial charge is 0.259 e. The van der Waals surface area contributed by atoms with Crippen LogP contribution in [0.4, 0.5) is 0 Å². The summed E-state index contributed by atoms with van der Waals surface area (Å²) in [5.41, 5.74) is -0.0188. The maximum Gasteiger partial charge on any atom is 0.259 e. The van der Waals surface area contributed by atoms with Crippen molar-refractivity contribution in [2.24, 2.45) is 0 Å². The molecule has 0 aliphatic carbocycles. The minimum Gasteiger partial charge on any atom is -0.339 e. The van der Waals surface area contributed by atoms with E-state index in [2.05, 4.69) is 10.1 Å². The predicted octanol–water partition coefficient (Wildman–Crippen LogP) is 2.62. The molecule has 3 aromatic heterocycles. The maximum atomic E-state index is 12.2. The molecule has 0 radical (unpaired) electrons. The van der Waals surface area contributed by atoms with E-state index in [1.165, 1.54) is 0 Å². The first-order valence-electron chi connectivity index (χ1n) is 6.04.